The van der Waals surface area contributed by atoms with Gasteiger partial charge in [-0.1, -0.05) is 18.2 Å². The van der Waals surface area contributed by atoms with Crippen molar-refractivity contribution in [3.63, 3.8) is 0 Å². The third-order valence-corrected chi connectivity index (χ3v) is 3.53. The molecule has 1 aliphatic rings. The van der Waals surface area contributed by atoms with Crippen molar-refractivity contribution < 1.29 is 5.11 Å². The van der Waals surface area contributed by atoms with Gasteiger partial charge < -0.3 is 10.0 Å². The van der Waals surface area contributed by atoms with Crippen molar-refractivity contribution >= 4 is 12.0 Å². The quantitative estimate of drug-likeness (QED) is 0.874. The number of aromatic nitrogens is 1. The van der Waals surface area contributed by atoms with Crippen LogP contribution in [0.4, 0.5) is 5.82 Å². The van der Waals surface area contributed by atoms with Crippen molar-refractivity contribution in [3.8, 4) is 5.75 Å². The average Bonchev–Trinajstić information content (AvgIpc) is 2.55. The average molecular weight is 282 g/mol. The number of para-hydroxylation sites is 1. The number of hydrazone groups is 1. The van der Waals surface area contributed by atoms with E-state index in [9.17, 15) is 5.11 Å². The first-order valence-corrected chi connectivity index (χ1v) is 7.06. The van der Waals surface area contributed by atoms with Gasteiger partial charge in [0.25, 0.3) is 0 Å². The first-order valence-electron chi connectivity index (χ1n) is 7.06. The molecule has 0 amide bonds. The number of hydrogen-bond acceptors (Lipinski definition) is 5. The number of hydrogen-bond donors (Lipinski definition) is 1. The van der Waals surface area contributed by atoms with Gasteiger partial charge >= 0.3 is 0 Å². The molecule has 1 aliphatic heterocycles. The molecule has 0 radical (unpaired) electrons. The molecule has 2 heterocycles. The molecular weight excluding hydrogens is 264 g/mol. The van der Waals surface area contributed by atoms with Crippen molar-refractivity contribution in [1.82, 2.24) is 9.99 Å². The zero-order chi connectivity index (χ0) is 14.5. The summed E-state index contributed by atoms with van der Waals surface area (Å²) in [6, 6.07) is 13.2. The molecule has 0 unspecified atom stereocenters. The van der Waals surface area contributed by atoms with Crippen molar-refractivity contribution in [1.29, 1.82) is 0 Å². The van der Waals surface area contributed by atoms with Crippen LogP contribution >= 0.6 is 0 Å². The molecule has 0 atom stereocenters. The van der Waals surface area contributed by atoms with Crippen molar-refractivity contribution in [2.45, 2.75) is 0 Å². The smallest absolute Gasteiger partial charge is 0.128 e. The Hall–Kier alpha value is -2.56. The van der Waals surface area contributed by atoms with Crippen LogP contribution in [-0.4, -0.2) is 47.5 Å². The van der Waals surface area contributed by atoms with E-state index < -0.39 is 0 Å². The second-order valence-corrected chi connectivity index (χ2v) is 4.93. The molecule has 1 fully saturated rings. The van der Waals surface area contributed by atoms with E-state index in [0.29, 0.717) is 0 Å². The van der Waals surface area contributed by atoms with Gasteiger partial charge in [-0.15, -0.1) is 0 Å². The number of anilines is 1. The van der Waals surface area contributed by atoms with Crippen molar-refractivity contribution in [2.75, 3.05) is 31.1 Å². The molecule has 2 aromatic rings. The molecule has 0 aliphatic carbocycles. The summed E-state index contributed by atoms with van der Waals surface area (Å²) < 4.78 is 0. The van der Waals surface area contributed by atoms with Crippen LogP contribution < -0.4 is 4.90 Å². The van der Waals surface area contributed by atoms with Crippen LogP contribution in [0.15, 0.2) is 53.8 Å². The van der Waals surface area contributed by atoms with E-state index in [1.807, 2.05) is 41.5 Å². The van der Waals surface area contributed by atoms with Crippen molar-refractivity contribution in [2.24, 2.45) is 5.10 Å². The number of phenols is 1. The monoisotopic (exact) mass is 282 g/mol. The number of piperazine rings is 1. The van der Waals surface area contributed by atoms with Crippen LogP contribution in [0.1, 0.15) is 5.56 Å². The lowest BCUT2D eigenvalue weighted by molar-refractivity contribution is 0.271. The topological polar surface area (TPSA) is 52.0 Å². The standard InChI is InChI=1S/C16H18N4O/c21-15-6-2-1-5-14(15)13-18-20-11-9-19(10-12-20)16-7-3-4-8-17-16/h1-8,13,21H,9-12H2/b18-13-. The number of nitrogens with zero attached hydrogens (tertiary/aromatic N) is 4. The van der Waals surface area contributed by atoms with Crippen molar-refractivity contribution in [3.05, 3.63) is 54.2 Å². The molecule has 5 heteroatoms. The zero-order valence-electron chi connectivity index (χ0n) is 11.8. The minimum Gasteiger partial charge on any atom is -0.507 e. The first kappa shape index (κ1) is 13.4. The van der Waals surface area contributed by atoms with E-state index in [1.54, 1.807) is 18.3 Å². The fourth-order valence-electron chi connectivity index (χ4n) is 2.32. The maximum absolute atomic E-state index is 9.70. The van der Waals surface area contributed by atoms with Gasteiger partial charge in [0.15, 0.2) is 0 Å². The minimum absolute atomic E-state index is 0.258. The Morgan fingerprint density at radius 2 is 1.76 bits per heavy atom. The van der Waals surface area contributed by atoms with Gasteiger partial charge in [0, 0.05) is 24.8 Å². The third kappa shape index (κ3) is 3.31. The minimum atomic E-state index is 0.258. The van der Waals surface area contributed by atoms with Gasteiger partial charge in [-0.05, 0) is 24.3 Å². The molecular formula is C16H18N4O. The van der Waals surface area contributed by atoms with E-state index in [2.05, 4.69) is 15.0 Å². The van der Waals surface area contributed by atoms with Crippen LogP contribution in [0.2, 0.25) is 0 Å². The third-order valence-electron chi connectivity index (χ3n) is 3.53. The fourth-order valence-corrected chi connectivity index (χ4v) is 2.32. The zero-order valence-corrected chi connectivity index (χ0v) is 11.8. The molecule has 1 aromatic carbocycles. The van der Waals surface area contributed by atoms with Gasteiger partial charge in [-0.25, -0.2) is 4.98 Å². The van der Waals surface area contributed by atoms with Crippen LogP contribution in [0, 0.1) is 0 Å². The van der Waals surface area contributed by atoms with E-state index in [1.165, 1.54) is 0 Å². The van der Waals surface area contributed by atoms with Crippen LogP contribution in [0.25, 0.3) is 0 Å². The van der Waals surface area contributed by atoms with Gasteiger partial charge in [0.1, 0.15) is 11.6 Å². The number of pyridine rings is 1. The molecule has 1 saturated heterocycles. The summed E-state index contributed by atoms with van der Waals surface area (Å²) in [6.45, 7) is 3.49. The van der Waals surface area contributed by atoms with Gasteiger partial charge in [0.2, 0.25) is 0 Å². The fraction of sp³-hybridized carbons (Fsp3) is 0.250. The normalized spacial score (nSPS) is 15.6. The summed E-state index contributed by atoms with van der Waals surface area (Å²) in [5.41, 5.74) is 0.740. The van der Waals surface area contributed by atoms with Crippen LogP contribution in [-0.2, 0) is 0 Å². The predicted octanol–water partition coefficient (Wildman–Crippen LogP) is 1.94. The Labute approximate surface area is 124 Å². The molecule has 0 bridgehead atoms. The number of rotatable bonds is 3. The predicted molar refractivity (Wildman–Crippen MR) is 83.7 cm³/mol. The summed E-state index contributed by atoms with van der Waals surface area (Å²) in [5.74, 6) is 1.27. The van der Waals surface area contributed by atoms with Crippen LogP contribution in [0.5, 0.6) is 5.75 Å². The van der Waals surface area contributed by atoms with Gasteiger partial charge in [-0.2, -0.15) is 5.10 Å². The molecule has 1 N–H and O–H groups in total. The lowest BCUT2D eigenvalue weighted by atomic mass is 10.2. The largest absolute Gasteiger partial charge is 0.507 e. The lowest BCUT2D eigenvalue weighted by Gasteiger charge is -2.33. The Morgan fingerprint density at radius 3 is 2.48 bits per heavy atom. The van der Waals surface area contributed by atoms with Gasteiger partial charge in [-0.3, -0.25) is 5.01 Å². The number of benzene rings is 1. The lowest BCUT2D eigenvalue weighted by Crippen LogP contribution is -2.44. The molecule has 0 spiro atoms. The molecule has 108 valence electrons. The SMILES string of the molecule is Oc1ccccc1/C=N\N1CCN(c2ccccn2)CC1. The number of phenolic OH excluding ortho intramolecular Hbond substituents is 1. The highest BCUT2D eigenvalue weighted by molar-refractivity contribution is 5.82. The maximum Gasteiger partial charge on any atom is 0.128 e. The first-order chi connectivity index (χ1) is 10.3. The molecule has 1 aromatic heterocycles. The highest BCUT2D eigenvalue weighted by Crippen LogP contribution is 2.15. The van der Waals surface area contributed by atoms with E-state index in [-0.39, 0.29) is 5.75 Å². The molecule has 0 saturated carbocycles. The summed E-state index contributed by atoms with van der Waals surface area (Å²) in [6.07, 6.45) is 3.53. The van der Waals surface area contributed by atoms with Crippen LogP contribution in [0.3, 0.4) is 0 Å². The Bertz CT molecular complexity index is 607. The van der Waals surface area contributed by atoms with Gasteiger partial charge in [0.05, 0.1) is 19.3 Å². The molecule has 5 nitrogen and oxygen atoms in total. The summed E-state index contributed by atoms with van der Waals surface area (Å²) >= 11 is 0. The summed E-state index contributed by atoms with van der Waals surface area (Å²) in [7, 11) is 0. The Morgan fingerprint density at radius 1 is 1.00 bits per heavy atom. The maximum atomic E-state index is 9.70. The Balaban J connectivity index is 1.58. The molecule has 21 heavy (non-hydrogen) atoms. The second-order valence-electron chi connectivity index (χ2n) is 4.93. The van der Waals surface area contributed by atoms with E-state index >= 15 is 0 Å². The van der Waals surface area contributed by atoms with E-state index in [0.717, 1.165) is 37.6 Å². The number of aromatic hydroxyl groups is 1. The highest BCUT2D eigenvalue weighted by Gasteiger charge is 2.16. The second kappa shape index (κ2) is 6.26. The summed E-state index contributed by atoms with van der Waals surface area (Å²) in [4.78, 5) is 6.62. The molecule has 3 rings (SSSR count). The van der Waals surface area contributed by atoms with E-state index in [4.69, 9.17) is 0 Å². The summed E-state index contributed by atoms with van der Waals surface area (Å²) in [5, 5.41) is 16.2. The Kier molecular flexibility index (Phi) is 4.00. The highest BCUT2D eigenvalue weighted by atomic mass is 16.3.